The quantitative estimate of drug-likeness (QED) is 0.921. The molecule has 1 aromatic carbocycles. The number of aromatic nitrogens is 1. The lowest BCUT2D eigenvalue weighted by atomic mass is 9.93. The fourth-order valence-corrected chi connectivity index (χ4v) is 3.49. The third kappa shape index (κ3) is 3.48. The first-order valence-electron chi connectivity index (χ1n) is 8.02. The summed E-state index contributed by atoms with van der Waals surface area (Å²) in [6.07, 6.45) is 1.49. The van der Waals surface area contributed by atoms with E-state index in [4.69, 9.17) is 0 Å². The molecule has 2 heterocycles. The lowest BCUT2D eigenvalue weighted by molar-refractivity contribution is -0.117. The predicted molar refractivity (Wildman–Crippen MR) is 96.8 cm³/mol. The van der Waals surface area contributed by atoms with E-state index in [1.54, 1.807) is 17.0 Å². The number of carbonyl (C=O) groups excluding carboxylic acids is 2. The van der Waals surface area contributed by atoms with Gasteiger partial charge in [0.15, 0.2) is 5.13 Å². The van der Waals surface area contributed by atoms with E-state index in [0.29, 0.717) is 17.1 Å². The van der Waals surface area contributed by atoms with Crippen molar-refractivity contribution >= 4 is 34.0 Å². The molecule has 126 valence electrons. The number of thiazole rings is 1. The van der Waals surface area contributed by atoms with Crippen LogP contribution in [-0.4, -0.2) is 23.3 Å². The van der Waals surface area contributed by atoms with Gasteiger partial charge in [-0.3, -0.25) is 14.9 Å². The summed E-state index contributed by atoms with van der Waals surface area (Å²) in [5.41, 5.74) is 2.32. The maximum atomic E-state index is 12.3. The molecule has 0 atom stereocenters. The van der Waals surface area contributed by atoms with E-state index in [0.717, 1.165) is 24.3 Å². The first kappa shape index (κ1) is 16.6. The molecule has 1 aliphatic heterocycles. The van der Waals surface area contributed by atoms with Gasteiger partial charge >= 0.3 is 0 Å². The predicted octanol–water partition coefficient (Wildman–Crippen LogP) is 3.82. The van der Waals surface area contributed by atoms with Crippen molar-refractivity contribution in [2.24, 2.45) is 0 Å². The second-order valence-corrected chi connectivity index (χ2v) is 7.80. The average Bonchev–Trinajstić information content (AvgIpc) is 3.16. The molecule has 1 fully saturated rings. The molecule has 3 rings (SSSR count). The molecule has 0 bridgehead atoms. The molecule has 0 saturated carbocycles. The number of nitrogens with zero attached hydrogens (tertiary/aromatic N) is 2. The van der Waals surface area contributed by atoms with Crippen LogP contribution in [0.5, 0.6) is 0 Å². The van der Waals surface area contributed by atoms with Gasteiger partial charge in [-0.1, -0.05) is 20.8 Å². The fourth-order valence-electron chi connectivity index (χ4n) is 2.56. The number of amides is 2. The fraction of sp³-hybridized carbons (Fsp3) is 0.389. The topological polar surface area (TPSA) is 62.3 Å². The van der Waals surface area contributed by atoms with E-state index >= 15 is 0 Å². The highest BCUT2D eigenvalue weighted by atomic mass is 32.1. The molecule has 2 amide bonds. The van der Waals surface area contributed by atoms with Gasteiger partial charge in [0.1, 0.15) is 0 Å². The summed E-state index contributed by atoms with van der Waals surface area (Å²) in [6, 6.07) is 7.13. The lowest BCUT2D eigenvalue weighted by Crippen LogP contribution is -2.23. The second kappa shape index (κ2) is 6.36. The third-order valence-corrected chi connectivity index (χ3v) is 4.77. The van der Waals surface area contributed by atoms with Gasteiger partial charge in [0.2, 0.25) is 5.91 Å². The SMILES string of the molecule is CC(C)(C)c1csc(NC(=O)c2ccc(N3CCCC3=O)cc2)n1. The summed E-state index contributed by atoms with van der Waals surface area (Å²) in [5.74, 6) is -0.0474. The summed E-state index contributed by atoms with van der Waals surface area (Å²) in [5, 5.41) is 5.41. The largest absolute Gasteiger partial charge is 0.312 e. The molecule has 24 heavy (non-hydrogen) atoms. The molecular weight excluding hydrogens is 322 g/mol. The van der Waals surface area contributed by atoms with Crippen LogP contribution in [0.1, 0.15) is 49.7 Å². The van der Waals surface area contributed by atoms with Crippen LogP contribution >= 0.6 is 11.3 Å². The highest BCUT2D eigenvalue weighted by Crippen LogP contribution is 2.27. The number of rotatable bonds is 3. The van der Waals surface area contributed by atoms with Crippen molar-refractivity contribution in [2.45, 2.75) is 39.0 Å². The molecule has 0 spiro atoms. The van der Waals surface area contributed by atoms with Crippen molar-refractivity contribution in [3.05, 3.63) is 40.9 Å². The monoisotopic (exact) mass is 343 g/mol. The Balaban J connectivity index is 1.69. The van der Waals surface area contributed by atoms with Gasteiger partial charge < -0.3 is 4.90 Å². The van der Waals surface area contributed by atoms with Gasteiger partial charge in [-0.15, -0.1) is 11.3 Å². The van der Waals surface area contributed by atoms with E-state index in [2.05, 4.69) is 31.1 Å². The summed E-state index contributed by atoms with van der Waals surface area (Å²) in [4.78, 5) is 30.3. The molecule has 2 aromatic rings. The van der Waals surface area contributed by atoms with Gasteiger partial charge in [0.05, 0.1) is 5.69 Å². The Morgan fingerprint density at radius 2 is 1.96 bits per heavy atom. The molecule has 6 heteroatoms. The molecule has 0 radical (unpaired) electrons. The number of benzene rings is 1. The Morgan fingerprint density at radius 1 is 1.25 bits per heavy atom. The van der Waals surface area contributed by atoms with Crippen LogP contribution in [0.3, 0.4) is 0 Å². The van der Waals surface area contributed by atoms with Crippen molar-refractivity contribution in [1.82, 2.24) is 4.98 Å². The summed E-state index contributed by atoms with van der Waals surface area (Å²) in [6.45, 7) is 7.02. The second-order valence-electron chi connectivity index (χ2n) is 6.94. The average molecular weight is 343 g/mol. The van der Waals surface area contributed by atoms with Crippen LogP contribution in [0.25, 0.3) is 0 Å². The van der Waals surface area contributed by atoms with Gasteiger partial charge in [-0.2, -0.15) is 0 Å². The first-order chi connectivity index (χ1) is 11.3. The van der Waals surface area contributed by atoms with Crippen molar-refractivity contribution in [3.63, 3.8) is 0 Å². The maximum absolute atomic E-state index is 12.3. The number of hydrogen-bond acceptors (Lipinski definition) is 4. The van der Waals surface area contributed by atoms with Crippen LogP contribution in [0.2, 0.25) is 0 Å². The van der Waals surface area contributed by atoms with Crippen molar-refractivity contribution in [3.8, 4) is 0 Å². The Bertz CT molecular complexity index is 759. The first-order valence-corrected chi connectivity index (χ1v) is 8.90. The highest BCUT2D eigenvalue weighted by molar-refractivity contribution is 7.14. The Labute approximate surface area is 145 Å². The third-order valence-electron chi connectivity index (χ3n) is 4.01. The molecule has 0 aliphatic carbocycles. The van der Waals surface area contributed by atoms with Gasteiger partial charge in [0.25, 0.3) is 5.91 Å². The number of hydrogen-bond donors (Lipinski definition) is 1. The minimum Gasteiger partial charge on any atom is -0.312 e. The molecule has 5 nitrogen and oxygen atoms in total. The van der Waals surface area contributed by atoms with Crippen molar-refractivity contribution < 1.29 is 9.59 Å². The summed E-state index contributed by atoms with van der Waals surface area (Å²) >= 11 is 1.43. The Hall–Kier alpha value is -2.21. The smallest absolute Gasteiger partial charge is 0.257 e. The van der Waals surface area contributed by atoms with Crippen molar-refractivity contribution in [1.29, 1.82) is 0 Å². The highest BCUT2D eigenvalue weighted by Gasteiger charge is 2.22. The minimum atomic E-state index is -0.191. The maximum Gasteiger partial charge on any atom is 0.257 e. The van der Waals surface area contributed by atoms with E-state index < -0.39 is 0 Å². The van der Waals surface area contributed by atoms with E-state index in [-0.39, 0.29) is 17.2 Å². The van der Waals surface area contributed by atoms with Gasteiger partial charge in [-0.05, 0) is 30.7 Å². The lowest BCUT2D eigenvalue weighted by Gasteiger charge is -2.15. The van der Waals surface area contributed by atoms with Crippen LogP contribution < -0.4 is 10.2 Å². The standard InChI is InChI=1S/C18H21N3O2S/c1-18(2,3)14-11-24-17(19-14)20-16(23)12-6-8-13(9-7-12)21-10-4-5-15(21)22/h6-9,11H,4-5,10H2,1-3H3,(H,19,20,23). The Morgan fingerprint density at radius 3 is 2.50 bits per heavy atom. The number of anilines is 2. The molecule has 0 unspecified atom stereocenters. The van der Waals surface area contributed by atoms with Crippen LogP contribution in [0.15, 0.2) is 29.6 Å². The molecular formula is C18H21N3O2S. The van der Waals surface area contributed by atoms with E-state index in [1.807, 2.05) is 17.5 Å². The molecule has 1 saturated heterocycles. The summed E-state index contributed by atoms with van der Waals surface area (Å²) < 4.78 is 0. The number of nitrogens with one attached hydrogen (secondary N) is 1. The van der Waals surface area contributed by atoms with Gasteiger partial charge in [-0.25, -0.2) is 4.98 Å². The van der Waals surface area contributed by atoms with Crippen molar-refractivity contribution in [2.75, 3.05) is 16.8 Å². The molecule has 1 aromatic heterocycles. The van der Waals surface area contributed by atoms with Crippen LogP contribution in [0, 0.1) is 0 Å². The van der Waals surface area contributed by atoms with Crippen LogP contribution in [-0.2, 0) is 10.2 Å². The minimum absolute atomic E-state index is 0.0383. The number of carbonyl (C=O) groups is 2. The zero-order chi connectivity index (χ0) is 17.3. The molecule has 1 aliphatic rings. The van der Waals surface area contributed by atoms with E-state index in [9.17, 15) is 9.59 Å². The van der Waals surface area contributed by atoms with E-state index in [1.165, 1.54) is 11.3 Å². The zero-order valence-corrected chi connectivity index (χ0v) is 14.9. The molecule has 1 N–H and O–H groups in total. The summed E-state index contributed by atoms with van der Waals surface area (Å²) in [7, 11) is 0. The normalized spacial score (nSPS) is 15.0. The van der Waals surface area contributed by atoms with Crippen LogP contribution in [0.4, 0.5) is 10.8 Å². The van der Waals surface area contributed by atoms with Gasteiger partial charge in [0, 0.05) is 35.0 Å². The Kier molecular flexibility index (Phi) is 4.41. The zero-order valence-electron chi connectivity index (χ0n) is 14.1.